The number of benzene rings is 1. The van der Waals surface area contributed by atoms with E-state index in [4.69, 9.17) is 0 Å². The van der Waals surface area contributed by atoms with E-state index < -0.39 is 5.56 Å². The van der Waals surface area contributed by atoms with Crippen molar-refractivity contribution < 1.29 is 4.79 Å². The third-order valence-corrected chi connectivity index (χ3v) is 2.02. The van der Waals surface area contributed by atoms with Crippen molar-refractivity contribution in [2.45, 2.75) is 0 Å². The molecule has 0 radical (unpaired) electrons. The molecule has 0 bridgehead atoms. The summed E-state index contributed by atoms with van der Waals surface area (Å²) in [7, 11) is 0. The van der Waals surface area contributed by atoms with Crippen molar-refractivity contribution in [1.82, 2.24) is 10.2 Å². The largest absolute Gasteiger partial charge is 0.329 e. The smallest absolute Gasteiger partial charge is 0.270 e. The zero-order chi connectivity index (χ0) is 10.8. The van der Waals surface area contributed by atoms with E-state index in [2.05, 4.69) is 15.5 Å². The molecule has 2 aromatic rings. The molecule has 0 aliphatic heterocycles. The van der Waals surface area contributed by atoms with Gasteiger partial charge in [0, 0.05) is 5.69 Å². The van der Waals surface area contributed by atoms with Gasteiger partial charge in [-0.1, -0.05) is 0 Å². The number of anilines is 1. The van der Waals surface area contributed by atoms with Gasteiger partial charge in [0.05, 0.1) is 10.8 Å². The van der Waals surface area contributed by atoms with Gasteiger partial charge in [0.25, 0.3) is 11.1 Å². The van der Waals surface area contributed by atoms with Crippen molar-refractivity contribution in [3.05, 3.63) is 38.9 Å². The molecule has 1 aromatic carbocycles. The van der Waals surface area contributed by atoms with Gasteiger partial charge in [-0.25, -0.2) is 0 Å². The number of amides is 1. The molecule has 0 spiro atoms. The fourth-order valence-corrected chi connectivity index (χ4v) is 1.34. The lowest BCUT2D eigenvalue weighted by atomic mass is 10.2. The summed E-state index contributed by atoms with van der Waals surface area (Å²) in [5.41, 5.74) is -0.310. The Morgan fingerprint density at radius 1 is 1.07 bits per heavy atom. The second-order valence-corrected chi connectivity index (χ2v) is 2.93. The van der Waals surface area contributed by atoms with E-state index in [1.807, 2.05) is 0 Å². The number of hydrogen-bond donors (Lipinski definition) is 3. The third-order valence-electron chi connectivity index (χ3n) is 2.02. The van der Waals surface area contributed by atoms with E-state index in [-0.39, 0.29) is 16.3 Å². The quantitative estimate of drug-likeness (QED) is 0.592. The van der Waals surface area contributed by atoms with Crippen LogP contribution in [0.1, 0.15) is 0 Å². The van der Waals surface area contributed by atoms with E-state index in [1.165, 1.54) is 12.1 Å². The van der Waals surface area contributed by atoms with Gasteiger partial charge >= 0.3 is 0 Å². The minimum absolute atomic E-state index is 0.241. The summed E-state index contributed by atoms with van der Waals surface area (Å²) < 4.78 is 0. The van der Waals surface area contributed by atoms with Gasteiger partial charge in [0.1, 0.15) is 0 Å². The summed E-state index contributed by atoms with van der Waals surface area (Å²) in [4.78, 5) is 32.8. The van der Waals surface area contributed by atoms with Gasteiger partial charge in [-0.05, 0) is 18.2 Å². The molecule has 1 aromatic heterocycles. The van der Waals surface area contributed by atoms with E-state index in [0.717, 1.165) is 0 Å². The van der Waals surface area contributed by atoms with Crippen LogP contribution in [0.5, 0.6) is 0 Å². The predicted octanol–water partition coefficient (Wildman–Crippen LogP) is -0.215. The number of aromatic amines is 2. The number of hydrogen-bond acceptors (Lipinski definition) is 3. The molecule has 3 N–H and O–H groups in total. The molecule has 2 rings (SSSR count). The van der Waals surface area contributed by atoms with E-state index in [0.29, 0.717) is 12.1 Å². The van der Waals surface area contributed by atoms with Crippen LogP contribution in [0, 0.1) is 0 Å². The van der Waals surface area contributed by atoms with Crippen LogP contribution >= 0.6 is 0 Å². The molecule has 0 fully saturated rings. The molecule has 15 heavy (non-hydrogen) atoms. The lowest BCUT2D eigenvalue weighted by Crippen LogP contribution is -2.18. The summed E-state index contributed by atoms with van der Waals surface area (Å²) in [5, 5.41) is 7.34. The molecule has 0 atom stereocenters. The van der Waals surface area contributed by atoms with Gasteiger partial charge in [0.2, 0.25) is 6.41 Å². The number of carbonyl (C=O) groups excluding carboxylic acids is 1. The maximum absolute atomic E-state index is 11.3. The van der Waals surface area contributed by atoms with Crippen molar-refractivity contribution in [3.8, 4) is 0 Å². The van der Waals surface area contributed by atoms with Gasteiger partial charge in [0.15, 0.2) is 0 Å². The van der Waals surface area contributed by atoms with Crippen molar-refractivity contribution >= 4 is 22.9 Å². The minimum atomic E-state index is -0.404. The van der Waals surface area contributed by atoms with Crippen LogP contribution in [0.2, 0.25) is 0 Å². The summed E-state index contributed by atoms with van der Waals surface area (Å²) >= 11 is 0. The molecule has 0 aliphatic carbocycles. The molecule has 6 heteroatoms. The average Bonchev–Trinajstić information content (AvgIpc) is 2.24. The topological polar surface area (TPSA) is 94.8 Å². The fourth-order valence-electron chi connectivity index (χ4n) is 1.34. The highest BCUT2D eigenvalue weighted by Crippen LogP contribution is 2.11. The zero-order valence-electron chi connectivity index (χ0n) is 7.53. The molecule has 0 saturated heterocycles. The van der Waals surface area contributed by atoms with E-state index >= 15 is 0 Å². The Bertz CT molecular complexity index is 626. The highest BCUT2D eigenvalue weighted by molar-refractivity contribution is 5.86. The van der Waals surface area contributed by atoms with Crippen molar-refractivity contribution in [2.24, 2.45) is 0 Å². The summed E-state index contributed by atoms with van der Waals surface area (Å²) in [5.74, 6) is 0. The maximum atomic E-state index is 11.3. The van der Waals surface area contributed by atoms with Crippen LogP contribution in [0.15, 0.2) is 27.8 Å². The number of nitrogens with one attached hydrogen (secondary N) is 3. The van der Waals surface area contributed by atoms with Crippen LogP contribution in [-0.2, 0) is 4.79 Å². The molecular formula is C9H7N3O3. The van der Waals surface area contributed by atoms with E-state index in [9.17, 15) is 14.4 Å². The first kappa shape index (κ1) is 9.20. The Balaban J connectivity index is 2.81. The number of H-pyrrole nitrogens is 2. The van der Waals surface area contributed by atoms with Crippen molar-refractivity contribution in [3.63, 3.8) is 0 Å². The molecule has 0 saturated carbocycles. The predicted molar refractivity (Wildman–Crippen MR) is 54.9 cm³/mol. The Morgan fingerprint density at radius 3 is 2.40 bits per heavy atom. The first-order valence-corrected chi connectivity index (χ1v) is 4.17. The van der Waals surface area contributed by atoms with Gasteiger partial charge in [-0.15, -0.1) is 0 Å². The third kappa shape index (κ3) is 1.52. The number of carbonyl (C=O) groups is 1. The zero-order valence-corrected chi connectivity index (χ0v) is 7.53. The number of aromatic nitrogens is 2. The van der Waals surface area contributed by atoms with Crippen LogP contribution in [0.25, 0.3) is 10.8 Å². The second-order valence-electron chi connectivity index (χ2n) is 2.93. The molecule has 6 nitrogen and oxygen atoms in total. The summed E-state index contributed by atoms with van der Waals surface area (Å²) in [6.07, 6.45) is 0.503. The molecule has 76 valence electrons. The molecular weight excluding hydrogens is 198 g/mol. The van der Waals surface area contributed by atoms with Gasteiger partial charge in [-0.3, -0.25) is 24.6 Å². The van der Waals surface area contributed by atoms with E-state index in [1.54, 1.807) is 6.07 Å². The van der Waals surface area contributed by atoms with Crippen LogP contribution in [0.4, 0.5) is 5.69 Å². The molecule has 1 heterocycles. The summed E-state index contributed by atoms with van der Waals surface area (Å²) in [6.45, 7) is 0. The standard InChI is InChI=1S/C9H7N3O3/c13-4-10-5-1-2-6-7(3-5)9(15)12-11-8(6)14/h1-4H,(H,10,13)(H,11,14)(H,12,15). The van der Waals surface area contributed by atoms with Crippen molar-refractivity contribution in [1.29, 1.82) is 0 Å². The number of fused-ring (bicyclic) bond motifs is 1. The normalized spacial score (nSPS) is 10.1. The average molecular weight is 205 g/mol. The molecule has 0 aliphatic rings. The first-order valence-electron chi connectivity index (χ1n) is 4.17. The molecule has 0 unspecified atom stereocenters. The Kier molecular flexibility index (Phi) is 2.09. The van der Waals surface area contributed by atoms with Crippen molar-refractivity contribution in [2.75, 3.05) is 5.32 Å². The fraction of sp³-hybridized carbons (Fsp3) is 0. The lowest BCUT2D eigenvalue weighted by molar-refractivity contribution is -0.105. The van der Waals surface area contributed by atoms with Gasteiger partial charge in [-0.2, -0.15) is 0 Å². The molecule has 1 amide bonds. The Labute approximate surface area is 82.9 Å². The monoisotopic (exact) mass is 205 g/mol. The highest BCUT2D eigenvalue weighted by atomic mass is 16.1. The maximum Gasteiger partial charge on any atom is 0.270 e. The van der Waals surface area contributed by atoms with Crippen LogP contribution in [-0.4, -0.2) is 16.6 Å². The van der Waals surface area contributed by atoms with Gasteiger partial charge < -0.3 is 5.32 Å². The minimum Gasteiger partial charge on any atom is -0.329 e. The first-order chi connectivity index (χ1) is 7.22. The Morgan fingerprint density at radius 2 is 1.73 bits per heavy atom. The van der Waals surface area contributed by atoms with Crippen LogP contribution in [0.3, 0.4) is 0 Å². The lowest BCUT2D eigenvalue weighted by Gasteiger charge is -1.99. The van der Waals surface area contributed by atoms with Crippen LogP contribution < -0.4 is 16.4 Å². The highest BCUT2D eigenvalue weighted by Gasteiger charge is 2.03. The number of rotatable bonds is 2. The SMILES string of the molecule is O=CNc1ccc2c(=O)[nH][nH]c(=O)c2c1. The summed E-state index contributed by atoms with van der Waals surface area (Å²) in [6, 6.07) is 4.47. The Hall–Kier alpha value is -2.37. The second kappa shape index (κ2) is 3.41.